The molecular weight excluding hydrogens is 247 g/mol. The van der Waals surface area contributed by atoms with Crippen molar-refractivity contribution in [3.8, 4) is 0 Å². The van der Waals surface area contributed by atoms with Crippen molar-refractivity contribution in [3.05, 3.63) is 71.0 Å². The van der Waals surface area contributed by atoms with Gasteiger partial charge in [0.15, 0.2) is 0 Å². The predicted molar refractivity (Wildman–Crippen MR) is 65.1 cm³/mol. The molecule has 0 heterocycles. The van der Waals surface area contributed by atoms with Crippen LogP contribution in [0.4, 0.5) is 4.39 Å². The molecule has 0 spiro atoms. The minimum Gasteiger partial charge on any atom is -0.549 e. The van der Waals surface area contributed by atoms with Crippen LogP contribution in [0.5, 0.6) is 0 Å². The molecule has 19 heavy (non-hydrogen) atoms. The molecule has 4 heteroatoms. The summed E-state index contributed by atoms with van der Waals surface area (Å²) < 4.78 is 12.9. The molecule has 0 fully saturated rings. The van der Waals surface area contributed by atoms with E-state index in [4.69, 9.17) is 0 Å². The van der Waals surface area contributed by atoms with E-state index in [0.29, 0.717) is 23.0 Å². The van der Waals surface area contributed by atoms with Crippen molar-refractivity contribution in [2.24, 2.45) is 0 Å². The van der Waals surface area contributed by atoms with Gasteiger partial charge in [-0.1, -0.05) is 30.3 Å². The Hall–Kier alpha value is -2.49. The highest BCUT2D eigenvalue weighted by Crippen LogP contribution is 2.25. The maximum atomic E-state index is 12.9. The summed E-state index contributed by atoms with van der Waals surface area (Å²) in [5.41, 5.74) is 1.21. The van der Waals surface area contributed by atoms with Crippen LogP contribution in [0, 0.1) is 5.82 Å². The van der Waals surface area contributed by atoms with E-state index in [0.717, 1.165) is 0 Å². The van der Waals surface area contributed by atoms with Gasteiger partial charge in [-0.05, 0) is 29.3 Å². The first-order valence-electron chi connectivity index (χ1n) is 5.63. The second-order valence-corrected chi connectivity index (χ2v) is 4.09. The van der Waals surface area contributed by atoms with Gasteiger partial charge in [-0.25, -0.2) is 4.39 Å². The lowest BCUT2D eigenvalue weighted by molar-refractivity contribution is -0.306. The summed E-state index contributed by atoms with van der Waals surface area (Å²) in [5.74, 6) is -2.77. The van der Waals surface area contributed by atoms with Crippen molar-refractivity contribution < 1.29 is 19.1 Å². The third-order valence-corrected chi connectivity index (χ3v) is 2.82. The first kappa shape index (κ1) is 13.0. The van der Waals surface area contributed by atoms with Gasteiger partial charge in [0.1, 0.15) is 12.1 Å². The van der Waals surface area contributed by atoms with Gasteiger partial charge in [-0.2, -0.15) is 0 Å². The van der Waals surface area contributed by atoms with Crippen LogP contribution < -0.4 is 5.11 Å². The number of hydrogen-bond acceptors (Lipinski definition) is 3. The lowest BCUT2D eigenvalue weighted by Gasteiger charge is -2.19. The summed E-state index contributed by atoms with van der Waals surface area (Å²) in [7, 11) is 0. The number of carboxylic acids is 1. The Morgan fingerprint density at radius 1 is 1.11 bits per heavy atom. The van der Waals surface area contributed by atoms with Crippen LogP contribution in [-0.4, -0.2) is 12.3 Å². The number of halogens is 1. The van der Waals surface area contributed by atoms with Gasteiger partial charge in [0.05, 0.1) is 5.97 Å². The molecule has 2 aromatic carbocycles. The molecule has 0 saturated carbocycles. The monoisotopic (exact) mass is 257 g/mol. The van der Waals surface area contributed by atoms with Crippen LogP contribution in [0.1, 0.15) is 27.4 Å². The van der Waals surface area contributed by atoms with E-state index in [2.05, 4.69) is 0 Å². The van der Waals surface area contributed by atoms with Crippen molar-refractivity contribution >= 4 is 12.3 Å². The fraction of sp³-hybridized carbons (Fsp3) is 0.0667. The number of hydrogen-bond donors (Lipinski definition) is 0. The fourth-order valence-electron chi connectivity index (χ4n) is 1.93. The summed E-state index contributed by atoms with van der Waals surface area (Å²) in [5, 5.41) is 11.3. The number of benzene rings is 2. The first-order valence-corrected chi connectivity index (χ1v) is 5.63. The molecule has 0 aromatic heterocycles. The average molecular weight is 257 g/mol. The summed E-state index contributed by atoms with van der Waals surface area (Å²) in [6.07, 6.45) is 0.639. The van der Waals surface area contributed by atoms with Crippen molar-refractivity contribution in [1.29, 1.82) is 0 Å². The second-order valence-electron chi connectivity index (χ2n) is 4.09. The molecule has 0 saturated heterocycles. The van der Waals surface area contributed by atoms with Gasteiger partial charge in [0.2, 0.25) is 0 Å². The molecule has 0 aliphatic rings. The molecule has 0 radical (unpaired) electrons. The first-order chi connectivity index (χ1) is 9.11. The van der Waals surface area contributed by atoms with Crippen LogP contribution >= 0.6 is 0 Å². The maximum absolute atomic E-state index is 12.9. The number of carbonyl (C=O) groups excluding carboxylic acids is 2. The molecular formula is C15H10FO3-. The third-order valence-electron chi connectivity index (χ3n) is 2.82. The molecule has 2 rings (SSSR count). The van der Waals surface area contributed by atoms with E-state index in [-0.39, 0.29) is 0 Å². The Balaban J connectivity index is 2.47. The standard InChI is InChI=1S/C15H11FO3/c16-13-6-4-11(5-7-13)14(15(18)19)12-3-1-2-10(8-12)9-17/h1-9,14H,(H,18,19)/p-1. The van der Waals surface area contributed by atoms with Crippen LogP contribution in [0.15, 0.2) is 48.5 Å². The average Bonchev–Trinajstić information content (AvgIpc) is 2.41. The van der Waals surface area contributed by atoms with E-state index in [9.17, 15) is 19.1 Å². The Bertz CT molecular complexity index is 605. The minimum absolute atomic E-state index is 0.380. The predicted octanol–water partition coefficient (Wildman–Crippen LogP) is 1.52. The summed E-state index contributed by atoms with van der Waals surface area (Å²) >= 11 is 0. The molecule has 0 amide bonds. The van der Waals surface area contributed by atoms with Gasteiger partial charge in [-0.3, -0.25) is 4.79 Å². The van der Waals surface area contributed by atoms with Crippen LogP contribution in [0.25, 0.3) is 0 Å². The number of carbonyl (C=O) groups is 2. The molecule has 0 aliphatic heterocycles. The van der Waals surface area contributed by atoms with Crippen molar-refractivity contribution in [2.45, 2.75) is 5.92 Å². The normalized spacial score (nSPS) is 11.8. The van der Waals surface area contributed by atoms with Gasteiger partial charge in [0, 0.05) is 11.5 Å². The molecule has 96 valence electrons. The number of aldehydes is 1. The lowest BCUT2D eigenvalue weighted by atomic mass is 9.90. The molecule has 1 unspecified atom stereocenters. The summed E-state index contributed by atoms with van der Waals surface area (Å²) in [4.78, 5) is 22.0. The Kier molecular flexibility index (Phi) is 3.71. The van der Waals surface area contributed by atoms with Crippen molar-refractivity contribution in [3.63, 3.8) is 0 Å². The number of carboxylic acid groups (broad SMARTS) is 1. The summed E-state index contributed by atoms with van der Waals surface area (Å²) in [6.45, 7) is 0. The van der Waals surface area contributed by atoms with Crippen molar-refractivity contribution in [1.82, 2.24) is 0 Å². The van der Waals surface area contributed by atoms with E-state index < -0.39 is 17.7 Å². The topological polar surface area (TPSA) is 57.2 Å². The molecule has 3 nitrogen and oxygen atoms in total. The fourth-order valence-corrected chi connectivity index (χ4v) is 1.93. The molecule has 0 N–H and O–H groups in total. The van der Waals surface area contributed by atoms with Gasteiger partial charge >= 0.3 is 0 Å². The maximum Gasteiger partial charge on any atom is 0.150 e. The van der Waals surface area contributed by atoms with Gasteiger partial charge in [0.25, 0.3) is 0 Å². The highest BCUT2D eigenvalue weighted by Gasteiger charge is 2.15. The third kappa shape index (κ3) is 2.85. The quantitative estimate of drug-likeness (QED) is 0.780. The van der Waals surface area contributed by atoms with Crippen LogP contribution in [0.2, 0.25) is 0 Å². The Morgan fingerprint density at radius 3 is 2.37 bits per heavy atom. The second kappa shape index (κ2) is 5.44. The van der Waals surface area contributed by atoms with E-state index in [1.165, 1.54) is 30.3 Å². The Morgan fingerprint density at radius 2 is 1.79 bits per heavy atom. The molecule has 0 aliphatic carbocycles. The smallest absolute Gasteiger partial charge is 0.150 e. The number of aliphatic carboxylic acids is 1. The summed E-state index contributed by atoms with van der Waals surface area (Å²) in [6, 6.07) is 11.4. The zero-order chi connectivity index (χ0) is 13.8. The zero-order valence-electron chi connectivity index (χ0n) is 9.88. The number of rotatable bonds is 4. The highest BCUT2D eigenvalue weighted by atomic mass is 19.1. The largest absolute Gasteiger partial charge is 0.549 e. The minimum atomic E-state index is -1.30. The van der Waals surface area contributed by atoms with E-state index >= 15 is 0 Å². The van der Waals surface area contributed by atoms with Crippen LogP contribution in [-0.2, 0) is 4.79 Å². The molecule has 2 aromatic rings. The van der Waals surface area contributed by atoms with Crippen molar-refractivity contribution in [2.75, 3.05) is 0 Å². The molecule has 1 atom stereocenters. The van der Waals surface area contributed by atoms with Gasteiger partial charge < -0.3 is 9.90 Å². The van der Waals surface area contributed by atoms with E-state index in [1.807, 2.05) is 0 Å². The van der Waals surface area contributed by atoms with E-state index in [1.54, 1.807) is 18.2 Å². The Labute approximate surface area is 109 Å². The zero-order valence-corrected chi connectivity index (χ0v) is 9.88. The van der Waals surface area contributed by atoms with Crippen LogP contribution in [0.3, 0.4) is 0 Å². The lowest BCUT2D eigenvalue weighted by Crippen LogP contribution is -2.30. The van der Waals surface area contributed by atoms with Gasteiger partial charge in [-0.15, -0.1) is 0 Å². The SMILES string of the molecule is O=Cc1cccc(C(C(=O)[O-])c2ccc(F)cc2)c1. The highest BCUT2D eigenvalue weighted by molar-refractivity contribution is 5.81. The molecule has 0 bridgehead atoms.